The third kappa shape index (κ3) is 4.60. The molecule has 5 nitrogen and oxygen atoms in total. The van der Waals surface area contributed by atoms with Gasteiger partial charge in [0.1, 0.15) is 5.15 Å². The summed E-state index contributed by atoms with van der Waals surface area (Å²) in [6.45, 7) is 2.06. The minimum Gasteiger partial charge on any atom is -0.462 e. The second-order valence-electron chi connectivity index (χ2n) is 6.52. The van der Waals surface area contributed by atoms with Gasteiger partial charge in [-0.15, -0.1) is 0 Å². The zero-order valence-electron chi connectivity index (χ0n) is 14.6. The molecule has 0 amide bonds. The van der Waals surface area contributed by atoms with E-state index in [1.54, 1.807) is 23.7 Å². The molecule has 0 N–H and O–H groups in total. The summed E-state index contributed by atoms with van der Waals surface area (Å²) >= 11 is 6.12. The van der Waals surface area contributed by atoms with Crippen LogP contribution in [0.3, 0.4) is 0 Å². The predicted octanol–water partition coefficient (Wildman–Crippen LogP) is 4.61. The van der Waals surface area contributed by atoms with E-state index >= 15 is 0 Å². The summed E-state index contributed by atoms with van der Waals surface area (Å²) in [6.07, 6.45) is 10.9. The lowest BCUT2D eigenvalue weighted by Gasteiger charge is -2.07. The van der Waals surface area contributed by atoms with Crippen molar-refractivity contribution in [3.8, 4) is 5.82 Å². The molecular weight excluding hydrogens is 338 g/mol. The molecule has 25 heavy (non-hydrogen) atoms. The van der Waals surface area contributed by atoms with Gasteiger partial charge in [-0.3, -0.25) is 0 Å². The molecule has 0 saturated heterocycles. The lowest BCUT2D eigenvalue weighted by molar-refractivity contribution is 0.0526. The van der Waals surface area contributed by atoms with Crippen LogP contribution in [0.2, 0.25) is 5.15 Å². The van der Waals surface area contributed by atoms with Crippen LogP contribution in [0.4, 0.5) is 0 Å². The topological polar surface area (TPSA) is 57.0 Å². The van der Waals surface area contributed by atoms with Gasteiger partial charge in [0.15, 0.2) is 5.82 Å². The van der Waals surface area contributed by atoms with E-state index in [4.69, 9.17) is 16.3 Å². The molecule has 2 aromatic heterocycles. The molecule has 2 aromatic rings. The molecule has 0 bridgehead atoms. The fourth-order valence-corrected chi connectivity index (χ4v) is 3.63. The first kappa shape index (κ1) is 17.9. The largest absolute Gasteiger partial charge is 0.462 e. The molecule has 1 fully saturated rings. The molecule has 0 atom stereocenters. The number of halogens is 1. The van der Waals surface area contributed by atoms with Gasteiger partial charge in [-0.05, 0) is 43.9 Å². The monoisotopic (exact) mass is 361 g/mol. The predicted molar refractivity (Wildman–Crippen MR) is 97.2 cm³/mol. The Kier molecular flexibility index (Phi) is 6.08. The summed E-state index contributed by atoms with van der Waals surface area (Å²) in [6, 6.07) is 5.38. The zero-order chi connectivity index (χ0) is 17.6. The summed E-state index contributed by atoms with van der Waals surface area (Å²) in [4.78, 5) is 16.0. The maximum atomic E-state index is 11.8. The fourth-order valence-electron chi connectivity index (χ4n) is 3.41. The van der Waals surface area contributed by atoms with E-state index in [2.05, 4.69) is 10.1 Å². The Balaban J connectivity index is 1.61. The van der Waals surface area contributed by atoms with Crippen molar-refractivity contribution in [2.45, 2.75) is 51.9 Å². The van der Waals surface area contributed by atoms with Gasteiger partial charge in [-0.2, -0.15) is 5.10 Å². The van der Waals surface area contributed by atoms with Crippen LogP contribution in [-0.4, -0.2) is 27.3 Å². The first-order valence-corrected chi connectivity index (χ1v) is 9.43. The van der Waals surface area contributed by atoms with Crippen molar-refractivity contribution in [3.05, 3.63) is 40.8 Å². The van der Waals surface area contributed by atoms with Crippen molar-refractivity contribution in [3.63, 3.8) is 0 Å². The second kappa shape index (κ2) is 8.48. The van der Waals surface area contributed by atoms with Crippen LogP contribution in [0.5, 0.6) is 0 Å². The molecule has 2 heterocycles. The quantitative estimate of drug-likeness (QED) is 0.533. The van der Waals surface area contributed by atoms with Gasteiger partial charge < -0.3 is 4.74 Å². The lowest BCUT2D eigenvalue weighted by atomic mass is 10.00. The van der Waals surface area contributed by atoms with Gasteiger partial charge in [0.05, 0.1) is 17.9 Å². The molecule has 1 aliphatic rings. The molecular formula is C19H24ClN3O2. The number of ether oxygens (including phenoxy) is 1. The third-order valence-corrected chi connectivity index (χ3v) is 5.02. The summed E-state index contributed by atoms with van der Waals surface area (Å²) in [5, 5.41) is 4.71. The van der Waals surface area contributed by atoms with Gasteiger partial charge in [-0.1, -0.05) is 43.7 Å². The minimum atomic E-state index is -0.459. The number of aromatic nitrogens is 3. The number of nitrogens with zero attached hydrogens (tertiary/aromatic N) is 3. The molecule has 3 rings (SSSR count). The zero-order valence-corrected chi connectivity index (χ0v) is 15.3. The van der Waals surface area contributed by atoms with E-state index in [1.807, 2.05) is 12.3 Å². The van der Waals surface area contributed by atoms with Crippen molar-refractivity contribution in [1.82, 2.24) is 14.8 Å². The Labute approximate surface area is 153 Å². The van der Waals surface area contributed by atoms with Crippen LogP contribution in [0.1, 0.15) is 61.5 Å². The smallest absolute Gasteiger partial charge is 0.341 e. The van der Waals surface area contributed by atoms with E-state index in [9.17, 15) is 4.79 Å². The van der Waals surface area contributed by atoms with Crippen molar-refractivity contribution in [1.29, 1.82) is 0 Å². The van der Waals surface area contributed by atoms with Crippen LogP contribution < -0.4 is 0 Å². The number of hydrogen-bond donors (Lipinski definition) is 0. The normalized spacial score (nSPS) is 14.8. The molecule has 0 aromatic carbocycles. The Hall–Kier alpha value is -1.88. The molecule has 0 radical (unpaired) electrons. The Morgan fingerprint density at radius 2 is 2.12 bits per heavy atom. The number of aryl methyl sites for hydroxylation is 1. The molecule has 134 valence electrons. The van der Waals surface area contributed by atoms with Crippen LogP contribution in [0.15, 0.2) is 24.4 Å². The molecule has 1 aliphatic carbocycles. The van der Waals surface area contributed by atoms with Crippen molar-refractivity contribution >= 4 is 17.6 Å². The second-order valence-corrected chi connectivity index (χ2v) is 6.88. The van der Waals surface area contributed by atoms with Crippen molar-refractivity contribution < 1.29 is 9.53 Å². The molecule has 1 saturated carbocycles. The maximum Gasteiger partial charge on any atom is 0.341 e. The summed E-state index contributed by atoms with van der Waals surface area (Å²) < 4.78 is 6.66. The van der Waals surface area contributed by atoms with E-state index in [0.717, 1.165) is 18.0 Å². The third-order valence-electron chi connectivity index (χ3n) is 4.73. The summed E-state index contributed by atoms with van der Waals surface area (Å²) in [5.74, 6) is 1.05. The van der Waals surface area contributed by atoms with E-state index < -0.39 is 5.97 Å². The van der Waals surface area contributed by atoms with Crippen LogP contribution >= 0.6 is 11.6 Å². The van der Waals surface area contributed by atoms with Crippen LogP contribution in [0.25, 0.3) is 5.82 Å². The summed E-state index contributed by atoms with van der Waals surface area (Å²) in [7, 11) is 0. The van der Waals surface area contributed by atoms with Gasteiger partial charge in [-0.25, -0.2) is 14.5 Å². The average molecular weight is 362 g/mol. The highest BCUT2D eigenvalue weighted by Crippen LogP contribution is 2.29. The minimum absolute atomic E-state index is 0.134. The van der Waals surface area contributed by atoms with E-state index in [-0.39, 0.29) is 10.7 Å². The number of carbonyl (C=O) groups is 1. The number of carbonyl (C=O) groups excluding carboxylic acids is 1. The summed E-state index contributed by atoms with van der Waals surface area (Å²) in [5.41, 5.74) is 1.33. The number of hydrogen-bond acceptors (Lipinski definition) is 4. The first-order valence-electron chi connectivity index (χ1n) is 9.06. The van der Waals surface area contributed by atoms with Gasteiger partial charge in [0.25, 0.3) is 0 Å². The van der Waals surface area contributed by atoms with Crippen molar-refractivity contribution in [2.24, 2.45) is 5.92 Å². The van der Waals surface area contributed by atoms with E-state index in [1.165, 1.54) is 38.5 Å². The fraction of sp³-hybridized carbons (Fsp3) is 0.526. The van der Waals surface area contributed by atoms with Crippen LogP contribution in [-0.2, 0) is 11.2 Å². The molecule has 0 unspecified atom stereocenters. The average Bonchev–Trinajstić information content (AvgIpc) is 3.27. The van der Waals surface area contributed by atoms with Gasteiger partial charge >= 0.3 is 5.97 Å². The number of esters is 1. The highest BCUT2D eigenvalue weighted by molar-refractivity contribution is 6.32. The highest BCUT2D eigenvalue weighted by atomic mass is 35.5. The van der Waals surface area contributed by atoms with Crippen LogP contribution in [0, 0.1) is 5.92 Å². The Morgan fingerprint density at radius 3 is 2.84 bits per heavy atom. The van der Waals surface area contributed by atoms with Gasteiger partial charge in [0, 0.05) is 6.20 Å². The molecule has 0 aliphatic heterocycles. The molecule has 6 heteroatoms. The SMILES string of the molecule is CCOC(=O)c1ccc(-n2ccc(CCCC3CCCC3)n2)nc1Cl. The molecule has 0 spiro atoms. The maximum absolute atomic E-state index is 11.8. The first-order chi connectivity index (χ1) is 12.2. The lowest BCUT2D eigenvalue weighted by Crippen LogP contribution is -2.08. The number of rotatable bonds is 7. The van der Waals surface area contributed by atoms with Gasteiger partial charge in [0.2, 0.25) is 0 Å². The Bertz CT molecular complexity index is 723. The van der Waals surface area contributed by atoms with Crippen molar-refractivity contribution in [2.75, 3.05) is 6.61 Å². The number of pyridine rings is 1. The highest BCUT2D eigenvalue weighted by Gasteiger charge is 2.16. The Morgan fingerprint density at radius 1 is 1.32 bits per heavy atom. The van der Waals surface area contributed by atoms with E-state index in [0.29, 0.717) is 12.4 Å². The standard InChI is InChI=1S/C19H24ClN3O2/c1-2-25-19(24)16-10-11-17(21-18(16)20)23-13-12-15(22-23)9-5-8-14-6-3-4-7-14/h10-14H,2-9H2,1H3.